The molecule has 10 atom stereocenters. The molecule has 3 heterocycles. The minimum atomic E-state index is -0.531. The molecule has 2 bridgehead atoms. The van der Waals surface area contributed by atoms with E-state index in [-0.39, 0.29) is 36.1 Å². The summed E-state index contributed by atoms with van der Waals surface area (Å²) in [5.41, 5.74) is 0.403. The largest absolute Gasteiger partial charge is 0.462 e. The SMILES string of the molecule is C=C1CC2OC3[C@H]4C(C[C@@H](C)[C@@H](OC(C)=O)[C@@H]24)[C@@H](C)CO[C@@]3(C)CC[C@H]1O. The van der Waals surface area contributed by atoms with E-state index in [0.717, 1.165) is 25.0 Å². The highest BCUT2D eigenvalue weighted by Crippen LogP contribution is 2.57. The molecule has 0 amide bonds. The predicted molar refractivity (Wildman–Crippen MR) is 101 cm³/mol. The molecular weight excluding hydrogens is 344 g/mol. The summed E-state index contributed by atoms with van der Waals surface area (Å²) in [5.74, 6) is 1.47. The Balaban J connectivity index is 1.79. The van der Waals surface area contributed by atoms with Gasteiger partial charge in [-0.3, -0.25) is 4.79 Å². The lowest BCUT2D eigenvalue weighted by Gasteiger charge is -2.46. The van der Waals surface area contributed by atoms with Gasteiger partial charge in [0.1, 0.15) is 6.10 Å². The van der Waals surface area contributed by atoms with Crippen molar-refractivity contribution in [1.82, 2.24) is 0 Å². The van der Waals surface area contributed by atoms with Crippen LogP contribution in [0.4, 0.5) is 0 Å². The maximum absolute atomic E-state index is 11.9. The minimum absolute atomic E-state index is 0.0221. The summed E-state index contributed by atoms with van der Waals surface area (Å²) in [6.45, 7) is 13.0. The molecule has 3 unspecified atom stereocenters. The second-order valence-electron chi connectivity index (χ2n) is 9.72. The molecular formula is C22H34O5. The zero-order valence-electron chi connectivity index (χ0n) is 17.0. The third-order valence-corrected chi connectivity index (χ3v) is 7.78. The van der Waals surface area contributed by atoms with Crippen molar-refractivity contribution in [2.24, 2.45) is 29.6 Å². The van der Waals surface area contributed by atoms with Crippen LogP contribution in [0.15, 0.2) is 12.2 Å². The summed E-state index contributed by atoms with van der Waals surface area (Å²) in [4.78, 5) is 11.9. The van der Waals surface area contributed by atoms with Gasteiger partial charge < -0.3 is 19.3 Å². The highest BCUT2D eigenvalue weighted by Gasteiger charge is 2.63. The zero-order valence-corrected chi connectivity index (χ0v) is 17.0. The molecule has 5 heteroatoms. The number of esters is 1. The standard InChI is InChI=1S/C22H34O5/c1-11-9-17-19-18-15(8-12(2)20(19)26-14(4)23)13(3)10-25-22(5,21(18)27-17)7-6-16(11)24/h12-13,15-21,24H,1,6-10H2,2-5H3/t12-,13+,15?,16-,17?,18+,19+,20-,21?,22+/m1/s1. The van der Waals surface area contributed by atoms with Crippen LogP contribution in [0.2, 0.25) is 0 Å². The predicted octanol–water partition coefficient (Wildman–Crippen LogP) is 3.10. The fourth-order valence-corrected chi connectivity index (χ4v) is 6.36. The molecule has 0 radical (unpaired) electrons. The van der Waals surface area contributed by atoms with Crippen LogP contribution in [0.3, 0.4) is 0 Å². The average Bonchev–Trinajstić information content (AvgIpc) is 2.95. The van der Waals surface area contributed by atoms with E-state index in [0.29, 0.717) is 30.6 Å². The second-order valence-corrected chi connectivity index (χ2v) is 9.72. The van der Waals surface area contributed by atoms with Crippen molar-refractivity contribution in [2.75, 3.05) is 6.61 Å². The van der Waals surface area contributed by atoms with Crippen molar-refractivity contribution in [3.8, 4) is 0 Å². The lowest BCUT2D eigenvalue weighted by Crippen LogP contribution is -2.52. The summed E-state index contributed by atoms with van der Waals surface area (Å²) in [5, 5.41) is 10.6. The number of ether oxygens (including phenoxy) is 3. The topological polar surface area (TPSA) is 65.0 Å². The molecule has 3 saturated heterocycles. The Bertz CT molecular complexity index is 618. The Morgan fingerprint density at radius 1 is 1.30 bits per heavy atom. The Labute approximate surface area is 162 Å². The van der Waals surface area contributed by atoms with Gasteiger partial charge in [-0.05, 0) is 61.9 Å². The van der Waals surface area contributed by atoms with E-state index in [1.165, 1.54) is 6.92 Å². The molecule has 0 aromatic carbocycles. The Hall–Kier alpha value is -0.910. The quantitative estimate of drug-likeness (QED) is 0.561. The molecule has 0 aromatic heterocycles. The van der Waals surface area contributed by atoms with E-state index in [4.69, 9.17) is 14.2 Å². The van der Waals surface area contributed by atoms with Gasteiger partial charge in [0.15, 0.2) is 0 Å². The summed E-state index contributed by atoms with van der Waals surface area (Å²) in [7, 11) is 0. The van der Waals surface area contributed by atoms with Crippen molar-refractivity contribution in [2.45, 2.75) is 83.4 Å². The van der Waals surface area contributed by atoms with Crippen LogP contribution >= 0.6 is 0 Å². The highest BCUT2D eigenvalue weighted by molar-refractivity contribution is 5.66. The molecule has 4 aliphatic rings. The maximum Gasteiger partial charge on any atom is 0.302 e. The van der Waals surface area contributed by atoms with E-state index in [2.05, 4.69) is 27.4 Å². The smallest absolute Gasteiger partial charge is 0.302 e. The number of carbonyl (C=O) groups excluding carboxylic acids is 1. The first-order chi connectivity index (χ1) is 12.7. The third kappa shape index (κ3) is 3.16. The van der Waals surface area contributed by atoms with Crippen molar-refractivity contribution in [3.63, 3.8) is 0 Å². The number of rotatable bonds is 1. The summed E-state index contributed by atoms with van der Waals surface area (Å²) >= 11 is 0. The molecule has 3 aliphatic heterocycles. The summed E-state index contributed by atoms with van der Waals surface area (Å²) in [6.07, 6.45) is 2.29. The van der Waals surface area contributed by atoms with Crippen molar-refractivity contribution in [3.05, 3.63) is 12.2 Å². The van der Waals surface area contributed by atoms with Crippen LogP contribution in [0, 0.1) is 29.6 Å². The van der Waals surface area contributed by atoms with Crippen LogP contribution in [-0.2, 0) is 19.0 Å². The number of fused-ring (bicyclic) bond motifs is 2. The van der Waals surface area contributed by atoms with E-state index in [9.17, 15) is 9.90 Å². The average molecular weight is 379 g/mol. The molecule has 152 valence electrons. The number of hydrogen-bond donors (Lipinski definition) is 1. The number of hydrogen-bond acceptors (Lipinski definition) is 5. The second kappa shape index (κ2) is 6.85. The van der Waals surface area contributed by atoms with Crippen LogP contribution in [0.25, 0.3) is 0 Å². The molecule has 1 aliphatic carbocycles. The molecule has 5 nitrogen and oxygen atoms in total. The number of aliphatic hydroxyl groups is 1. The lowest BCUT2D eigenvalue weighted by atomic mass is 9.59. The molecule has 4 fully saturated rings. The van der Waals surface area contributed by atoms with Gasteiger partial charge in [0.25, 0.3) is 0 Å². The Morgan fingerprint density at radius 2 is 2.04 bits per heavy atom. The van der Waals surface area contributed by atoms with Gasteiger partial charge in [0.05, 0.1) is 30.5 Å². The van der Waals surface area contributed by atoms with Crippen LogP contribution < -0.4 is 0 Å². The van der Waals surface area contributed by atoms with Crippen molar-refractivity contribution in [1.29, 1.82) is 0 Å². The fourth-order valence-electron chi connectivity index (χ4n) is 6.36. The van der Waals surface area contributed by atoms with Gasteiger partial charge >= 0.3 is 5.97 Å². The summed E-state index contributed by atoms with van der Waals surface area (Å²) < 4.78 is 19.0. The van der Waals surface area contributed by atoms with Crippen LogP contribution in [-0.4, -0.2) is 47.7 Å². The van der Waals surface area contributed by atoms with Crippen LogP contribution in [0.5, 0.6) is 0 Å². The van der Waals surface area contributed by atoms with Gasteiger partial charge in [-0.1, -0.05) is 20.4 Å². The molecule has 0 aromatic rings. The first-order valence-corrected chi connectivity index (χ1v) is 10.5. The minimum Gasteiger partial charge on any atom is -0.462 e. The molecule has 1 saturated carbocycles. The monoisotopic (exact) mass is 378 g/mol. The first kappa shape index (κ1) is 19.4. The fraction of sp³-hybridized carbons (Fsp3) is 0.864. The van der Waals surface area contributed by atoms with Gasteiger partial charge in [-0.2, -0.15) is 0 Å². The Morgan fingerprint density at radius 3 is 2.74 bits per heavy atom. The zero-order chi connectivity index (χ0) is 19.5. The maximum atomic E-state index is 11.9. The summed E-state index contributed by atoms with van der Waals surface area (Å²) in [6, 6.07) is 0. The van der Waals surface area contributed by atoms with Gasteiger partial charge in [0, 0.05) is 12.8 Å². The molecule has 1 N–H and O–H groups in total. The van der Waals surface area contributed by atoms with Gasteiger partial charge in [-0.15, -0.1) is 0 Å². The van der Waals surface area contributed by atoms with Crippen LogP contribution in [0.1, 0.15) is 53.4 Å². The third-order valence-electron chi connectivity index (χ3n) is 7.78. The Kier molecular flexibility index (Phi) is 4.93. The number of carbonyl (C=O) groups is 1. The van der Waals surface area contributed by atoms with E-state index in [1.54, 1.807) is 0 Å². The molecule has 0 spiro atoms. The normalized spacial score (nSPS) is 52.3. The van der Waals surface area contributed by atoms with Gasteiger partial charge in [0.2, 0.25) is 0 Å². The van der Waals surface area contributed by atoms with E-state index >= 15 is 0 Å². The first-order valence-electron chi connectivity index (χ1n) is 10.5. The molecule has 27 heavy (non-hydrogen) atoms. The lowest BCUT2D eigenvalue weighted by molar-refractivity contribution is -0.160. The van der Waals surface area contributed by atoms with Crippen molar-refractivity contribution >= 4 is 5.97 Å². The number of aliphatic hydroxyl groups excluding tert-OH is 1. The van der Waals surface area contributed by atoms with Gasteiger partial charge in [-0.25, -0.2) is 0 Å². The van der Waals surface area contributed by atoms with E-state index in [1.807, 2.05) is 0 Å². The van der Waals surface area contributed by atoms with Crippen molar-refractivity contribution < 1.29 is 24.1 Å². The highest BCUT2D eigenvalue weighted by atomic mass is 16.6. The molecule has 4 rings (SSSR count). The van der Waals surface area contributed by atoms with E-state index < -0.39 is 11.7 Å².